The Bertz CT molecular complexity index is 103. The molecule has 0 heterocycles. The Kier molecular flexibility index (Phi) is 8.21. The molecule has 0 fully saturated rings. The van der Waals surface area contributed by atoms with Crippen LogP contribution < -0.4 is 28.3 Å². The summed E-state index contributed by atoms with van der Waals surface area (Å²) in [6, 6.07) is 0. The molecule has 6 heteroatoms. The lowest BCUT2D eigenvalue weighted by Crippen LogP contribution is -2.55. The van der Waals surface area contributed by atoms with Crippen LogP contribution in [0.1, 0.15) is 0 Å². The minimum absolute atomic E-state index is 0.198. The summed E-state index contributed by atoms with van der Waals surface area (Å²) in [6.45, 7) is 3.93. The van der Waals surface area contributed by atoms with Crippen molar-refractivity contribution in [3.63, 3.8) is 0 Å². The van der Waals surface area contributed by atoms with E-state index >= 15 is 0 Å². The molecule has 0 aliphatic carbocycles. The molecule has 1 unspecified atom stereocenters. The zero-order valence-electron chi connectivity index (χ0n) is 8.08. The second kappa shape index (κ2) is 8.36. The van der Waals surface area contributed by atoms with Crippen LogP contribution in [0.2, 0.25) is 0 Å². The maximum atomic E-state index is 5.82. The van der Waals surface area contributed by atoms with E-state index in [1.807, 2.05) is 4.90 Å². The molecule has 0 amide bonds. The van der Waals surface area contributed by atoms with Crippen LogP contribution in [0.3, 0.4) is 0 Å². The highest BCUT2D eigenvalue weighted by atomic mass is 15.3. The SMILES string of the molecule is NCCNC(N)N(CCN)CCN. The third-order valence-corrected chi connectivity index (χ3v) is 1.72. The number of hydrogen-bond donors (Lipinski definition) is 5. The lowest BCUT2D eigenvalue weighted by Gasteiger charge is -2.28. The van der Waals surface area contributed by atoms with Crippen LogP contribution in [0.4, 0.5) is 0 Å². The van der Waals surface area contributed by atoms with E-state index in [-0.39, 0.29) is 6.29 Å². The van der Waals surface area contributed by atoms with Gasteiger partial charge < -0.3 is 22.9 Å². The zero-order valence-corrected chi connectivity index (χ0v) is 8.08. The molecular formula is C7H22N6. The average Bonchev–Trinajstić information content (AvgIpc) is 2.14. The van der Waals surface area contributed by atoms with Gasteiger partial charge in [-0.25, -0.2) is 0 Å². The summed E-state index contributed by atoms with van der Waals surface area (Å²) in [5, 5.41) is 3.07. The van der Waals surface area contributed by atoms with Crippen molar-refractivity contribution in [2.45, 2.75) is 6.29 Å². The largest absolute Gasteiger partial charge is 0.329 e. The first-order valence-electron chi connectivity index (χ1n) is 4.59. The summed E-state index contributed by atoms with van der Waals surface area (Å²) in [4.78, 5) is 2.00. The van der Waals surface area contributed by atoms with E-state index in [2.05, 4.69) is 5.32 Å². The van der Waals surface area contributed by atoms with Crippen LogP contribution in [0.5, 0.6) is 0 Å². The maximum absolute atomic E-state index is 5.82. The number of nitrogens with two attached hydrogens (primary N) is 4. The molecule has 13 heavy (non-hydrogen) atoms. The van der Waals surface area contributed by atoms with Crippen LogP contribution in [0, 0.1) is 0 Å². The molecule has 0 spiro atoms. The molecule has 0 aromatic heterocycles. The van der Waals surface area contributed by atoms with E-state index < -0.39 is 0 Å². The Hall–Kier alpha value is -0.240. The van der Waals surface area contributed by atoms with Gasteiger partial charge in [-0.1, -0.05) is 0 Å². The Labute approximate surface area is 79.6 Å². The van der Waals surface area contributed by atoms with E-state index in [9.17, 15) is 0 Å². The van der Waals surface area contributed by atoms with E-state index in [1.165, 1.54) is 0 Å². The van der Waals surface area contributed by atoms with E-state index in [1.54, 1.807) is 0 Å². The average molecular weight is 190 g/mol. The predicted octanol–water partition coefficient (Wildman–Crippen LogP) is -3.00. The molecule has 80 valence electrons. The molecule has 6 nitrogen and oxygen atoms in total. The zero-order chi connectivity index (χ0) is 10.1. The molecule has 0 aromatic carbocycles. The molecular weight excluding hydrogens is 168 g/mol. The summed E-state index contributed by atoms with van der Waals surface area (Å²) in [7, 11) is 0. The number of nitrogens with zero attached hydrogens (tertiary/aromatic N) is 1. The fourth-order valence-electron chi connectivity index (χ4n) is 1.08. The second-order valence-electron chi connectivity index (χ2n) is 2.80. The van der Waals surface area contributed by atoms with Crippen molar-refractivity contribution in [3.8, 4) is 0 Å². The summed E-state index contributed by atoms with van der Waals surface area (Å²) in [5.41, 5.74) is 22.0. The third-order valence-electron chi connectivity index (χ3n) is 1.72. The molecule has 0 bridgehead atoms. The van der Waals surface area contributed by atoms with Crippen molar-refractivity contribution < 1.29 is 0 Å². The van der Waals surface area contributed by atoms with Crippen molar-refractivity contribution in [3.05, 3.63) is 0 Å². The van der Waals surface area contributed by atoms with Crippen LogP contribution in [0.25, 0.3) is 0 Å². The highest BCUT2D eigenvalue weighted by molar-refractivity contribution is 4.65. The quantitative estimate of drug-likeness (QED) is 0.260. The molecule has 0 rings (SSSR count). The topological polar surface area (TPSA) is 119 Å². The highest BCUT2D eigenvalue weighted by Gasteiger charge is 2.10. The smallest absolute Gasteiger partial charge is 0.112 e. The maximum Gasteiger partial charge on any atom is 0.112 e. The summed E-state index contributed by atoms with van der Waals surface area (Å²) >= 11 is 0. The molecule has 1 atom stereocenters. The van der Waals surface area contributed by atoms with Crippen LogP contribution in [0.15, 0.2) is 0 Å². The van der Waals surface area contributed by atoms with Crippen LogP contribution in [-0.4, -0.2) is 50.5 Å². The Morgan fingerprint density at radius 3 is 1.92 bits per heavy atom. The van der Waals surface area contributed by atoms with Gasteiger partial charge in [0.1, 0.15) is 6.29 Å². The first-order valence-corrected chi connectivity index (χ1v) is 4.59. The fraction of sp³-hybridized carbons (Fsp3) is 1.00. The van der Waals surface area contributed by atoms with Gasteiger partial charge in [0, 0.05) is 39.3 Å². The molecule has 0 aromatic rings. The van der Waals surface area contributed by atoms with Gasteiger partial charge in [-0.2, -0.15) is 0 Å². The van der Waals surface area contributed by atoms with Gasteiger partial charge >= 0.3 is 0 Å². The molecule has 0 saturated carbocycles. The summed E-state index contributed by atoms with van der Waals surface area (Å²) < 4.78 is 0. The monoisotopic (exact) mass is 190 g/mol. The van der Waals surface area contributed by atoms with E-state index in [0.717, 1.165) is 13.1 Å². The third kappa shape index (κ3) is 5.92. The van der Waals surface area contributed by atoms with Gasteiger partial charge in [0.25, 0.3) is 0 Å². The first kappa shape index (κ1) is 12.8. The molecule has 9 N–H and O–H groups in total. The molecule has 0 radical (unpaired) electrons. The van der Waals surface area contributed by atoms with Crippen molar-refractivity contribution in [2.75, 3.05) is 39.3 Å². The lowest BCUT2D eigenvalue weighted by molar-refractivity contribution is 0.179. The van der Waals surface area contributed by atoms with Gasteiger partial charge in [-0.05, 0) is 0 Å². The standard InChI is InChI=1S/C7H22N6/c8-1-4-12-7(11)13(5-2-9)6-3-10/h7,12H,1-6,8-11H2. The Balaban J connectivity index is 3.72. The Morgan fingerprint density at radius 1 is 1.00 bits per heavy atom. The van der Waals surface area contributed by atoms with Gasteiger partial charge in [-0.3, -0.25) is 10.2 Å². The minimum Gasteiger partial charge on any atom is -0.329 e. The number of nitrogens with one attached hydrogen (secondary N) is 1. The van der Waals surface area contributed by atoms with Gasteiger partial charge in [-0.15, -0.1) is 0 Å². The predicted molar refractivity (Wildman–Crippen MR) is 54.7 cm³/mol. The van der Waals surface area contributed by atoms with Crippen LogP contribution >= 0.6 is 0 Å². The Morgan fingerprint density at radius 2 is 1.54 bits per heavy atom. The molecule has 0 aliphatic rings. The van der Waals surface area contributed by atoms with Crippen molar-refractivity contribution in [1.29, 1.82) is 0 Å². The first-order chi connectivity index (χ1) is 6.26. The van der Waals surface area contributed by atoms with Crippen molar-refractivity contribution >= 4 is 0 Å². The van der Waals surface area contributed by atoms with Gasteiger partial charge in [0.2, 0.25) is 0 Å². The highest BCUT2D eigenvalue weighted by Crippen LogP contribution is 1.87. The van der Waals surface area contributed by atoms with Crippen molar-refractivity contribution in [1.82, 2.24) is 10.2 Å². The summed E-state index contributed by atoms with van der Waals surface area (Å²) in [5.74, 6) is 0. The van der Waals surface area contributed by atoms with Crippen molar-refractivity contribution in [2.24, 2.45) is 22.9 Å². The van der Waals surface area contributed by atoms with Gasteiger partial charge in [0.15, 0.2) is 0 Å². The lowest BCUT2D eigenvalue weighted by atomic mass is 10.4. The number of hydrogen-bond acceptors (Lipinski definition) is 6. The van der Waals surface area contributed by atoms with E-state index in [0.29, 0.717) is 26.2 Å². The second-order valence-corrected chi connectivity index (χ2v) is 2.80. The number of rotatable bonds is 8. The summed E-state index contributed by atoms with van der Waals surface area (Å²) in [6.07, 6.45) is -0.198. The van der Waals surface area contributed by atoms with E-state index in [4.69, 9.17) is 22.9 Å². The van der Waals surface area contributed by atoms with Crippen LogP contribution in [-0.2, 0) is 0 Å². The molecule has 0 saturated heterocycles. The van der Waals surface area contributed by atoms with Gasteiger partial charge in [0.05, 0.1) is 0 Å². The minimum atomic E-state index is -0.198. The fourth-order valence-corrected chi connectivity index (χ4v) is 1.08. The molecule has 0 aliphatic heterocycles. The normalized spacial score (nSPS) is 13.6.